The fraction of sp³-hybridized carbons (Fsp3) is 0.632. The minimum Gasteiger partial charge on any atom is -0.494 e. The van der Waals surface area contributed by atoms with Crippen LogP contribution < -0.4 is 4.74 Å². The summed E-state index contributed by atoms with van der Waals surface area (Å²) in [6, 6.07) is 8.26. The molecule has 4 nitrogen and oxygen atoms in total. The lowest BCUT2D eigenvalue weighted by Gasteiger charge is -2.26. The Hall–Kier alpha value is -1.55. The monoisotopic (exact) mass is 319 g/mol. The van der Waals surface area contributed by atoms with Gasteiger partial charge in [-0.15, -0.1) is 0 Å². The quantitative estimate of drug-likeness (QED) is 0.742. The van der Waals surface area contributed by atoms with Crippen molar-refractivity contribution in [3.05, 3.63) is 29.8 Å². The van der Waals surface area contributed by atoms with Gasteiger partial charge in [0.25, 0.3) is 0 Å². The van der Waals surface area contributed by atoms with E-state index in [1.54, 1.807) is 6.92 Å². The standard InChI is InChI=1S/C19H29NO3/c1-14(18(21)22)20(16-9-10-16)11-6-12-23-17-8-5-7-15(13-17)19(2,3)4/h5,7-8,13-14,16H,6,9-12H2,1-4H3,(H,21,22). The van der Waals surface area contributed by atoms with Crippen LogP contribution in [0.1, 0.15) is 52.5 Å². The zero-order valence-electron chi connectivity index (χ0n) is 14.7. The Kier molecular flexibility index (Phi) is 5.69. The third kappa shape index (κ3) is 5.24. The predicted molar refractivity (Wildman–Crippen MR) is 92.1 cm³/mol. The summed E-state index contributed by atoms with van der Waals surface area (Å²) < 4.78 is 5.86. The van der Waals surface area contributed by atoms with Crippen molar-refractivity contribution in [2.24, 2.45) is 0 Å². The second-order valence-corrected chi connectivity index (χ2v) is 7.46. The van der Waals surface area contributed by atoms with Crippen LogP contribution in [-0.2, 0) is 10.2 Å². The zero-order chi connectivity index (χ0) is 17.0. The average molecular weight is 319 g/mol. The molecule has 1 saturated carbocycles. The number of hydrogen-bond donors (Lipinski definition) is 1. The van der Waals surface area contributed by atoms with Gasteiger partial charge >= 0.3 is 5.97 Å². The second-order valence-electron chi connectivity index (χ2n) is 7.46. The predicted octanol–water partition coefficient (Wildman–Crippen LogP) is 3.69. The molecule has 0 radical (unpaired) electrons. The van der Waals surface area contributed by atoms with Gasteiger partial charge in [0.1, 0.15) is 11.8 Å². The highest BCUT2D eigenvalue weighted by atomic mass is 16.5. The molecule has 1 atom stereocenters. The maximum atomic E-state index is 11.2. The molecule has 0 aliphatic heterocycles. The van der Waals surface area contributed by atoms with Crippen LogP contribution in [0.2, 0.25) is 0 Å². The number of benzene rings is 1. The zero-order valence-corrected chi connectivity index (χ0v) is 14.7. The number of ether oxygens (including phenoxy) is 1. The minimum atomic E-state index is -0.740. The first-order chi connectivity index (χ1) is 10.8. The van der Waals surface area contributed by atoms with Crippen molar-refractivity contribution in [2.45, 2.75) is 64.5 Å². The molecular formula is C19H29NO3. The molecule has 23 heavy (non-hydrogen) atoms. The van der Waals surface area contributed by atoms with Crippen LogP contribution in [-0.4, -0.2) is 41.2 Å². The van der Waals surface area contributed by atoms with E-state index in [1.807, 2.05) is 12.1 Å². The molecule has 2 rings (SSSR count). The Morgan fingerprint density at radius 3 is 2.65 bits per heavy atom. The summed E-state index contributed by atoms with van der Waals surface area (Å²) in [4.78, 5) is 13.3. The van der Waals surface area contributed by atoms with Crippen molar-refractivity contribution >= 4 is 5.97 Å². The first-order valence-corrected chi connectivity index (χ1v) is 8.51. The largest absolute Gasteiger partial charge is 0.494 e. The molecule has 0 heterocycles. The van der Waals surface area contributed by atoms with Gasteiger partial charge in [-0.3, -0.25) is 9.69 Å². The molecule has 1 fully saturated rings. The minimum absolute atomic E-state index is 0.110. The average Bonchev–Trinajstić information content (AvgIpc) is 3.30. The van der Waals surface area contributed by atoms with E-state index < -0.39 is 12.0 Å². The maximum Gasteiger partial charge on any atom is 0.320 e. The van der Waals surface area contributed by atoms with Crippen LogP contribution in [0.3, 0.4) is 0 Å². The molecule has 1 aliphatic carbocycles. The smallest absolute Gasteiger partial charge is 0.320 e. The van der Waals surface area contributed by atoms with E-state index in [2.05, 4.69) is 37.8 Å². The summed E-state index contributed by atoms with van der Waals surface area (Å²) in [5.74, 6) is 0.150. The summed E-state index contributed by atoms with van der Waals surface area (Å²) in [5.41, 5.74) is 1.37. The van der Waals surface area contributed by atoms with Crippen molar-refractivity contribution in [1.29, 1.82) is 0 Å². The van der Waals surface area contributed by atoms with E-state index in [0.717, 1.165) is 31.6 Å². The van der Waals surface area contributed by atoms with Gasteiger partial charge in [-0.2, -0.15) is 0 Å². The van der Waals surface area contributed by atoms with E-state index in [0.29, 0.717) is 12.6 Å². The lowest BCUT2D eigenvalue weighted by Crippen LogP contribution is -2.41. The van der Waals surface area contributed by atoms with Crippen molar-refractivity contribution in [1.82, 2.24) is 4.90 Å². The summed E-state index contributed by atoms with van der Waals surface area (Å²) in [6.45, 7) is 9.72. The second kappa shape index (κ2) is 7.35. The van der Waals surface area contributed by atoms with Crippen molar-refractivity contribution < 1.29 is 14.6 Å². The lowest BCUT2D eigenvalue weighted by atomic mass is 9.87. The summed E-state index contributed by atoms with van der Waals surface area (Å²) in [6.07, 6.45) is 3.08. The fourth-order valence-corrected chi connectivity index (χ4v) is 2.73. The normalized spacial score (nSPS) is 16.4. The van der Waals surface area contributed by atoms with Gasteiger partial charge in [0, 0.05) is 12.6 Å². The lowest BCUT2D eigenvalue weighted by molar-refractivity contribution is -0.142. The highest BCUT2D eigenvalue weighted by Gasteiger charge is 2.34. The molecule has 1 N–H and O–H groups in total. The van der Waals surface area contributed by atoms with Gasteiger partial charge in [0.05, 0.1) is 6.61 Å². The van der Waals surface area contributed by atoms with Crippen LogP contribution in [0.15, 0.2) is 24.3 Å². The Morgan fingerprint density at radius 2 is 2.09 bits per heavy atom. The number of nitrogens with zero attached hydrogens (tertiary/aromatic N) is 1. The van der Waals surface area contributed by atoms with E-state index in [4.69, 9.17) is 4.74 Å². The van der Waals surface area contributed by atoms with E-state index in [-0.39, 0.29) is 5.41 Å². The van der Waals surface area contributed by atoms with Gasteiger partial charge in [-0.25, -0.2) is 0 Å². The Morgan fingerprint density at radius 1 is 1.39 bits per heavy atom. The number of rotatable bonds is 8. The summed E-state index contributed by atoms with van der Waals surface area (Å²) in [5, 5.41) is 9.20. The molecule has 0 amide bonds. The summed E-state index contributed by atoms with van der Waals surface area (Å²) >= 11 is 0. The molecule has 4 heteroatoms. The van der Waals surface area contributed by atoms with E-state index >= 15 is 0 Å². The fourth-order valence-electron chi connectivity index (χ4n) is 2.73. The molecule has 0 saturated heterocycles. The SMILES string of the molecule is CC(C(=O)O)N(CCCOc1cccc(C(C)(C)C)c1)C1CC1. The van der Waals surface area contributed by atoms with Crippen LogP contribution >= 0.6 is 0 Å². The molecule has 0 spiro atoms. The number of hydrogen-bond acceptors (Lipinski definition) is 3. The molecule has 1 aromatic carbocycles. The molecule has 1 aliphatic rings. The summed E-state index contributed by atoms with van der Waals surface area (Å²) in [7, 11) is 0. The number of carboxylic acids is 1. The first-order valence-electron chi connectivity index (χ1n) is 8.51. The van der Waals surface area contributed by atoms with E-state index in [9.17, 15) is 9.90 Å². The Labute approximate surface area is 139 Å². The topological polar surface area (TPSA) is 49.8 Å². The van der Waals surface area contributed by atoms with Gasteiger partial charge in [-0.1, -0.05) is 32.9 Å². The highest BCUT2D eigenvalue weighted by molar-refractivity contribution is 5.73. The molecule has 0 aromatic heterocycles. The number of carbonyl (C=O) groups is 1. The molecule has 0 bridgehead atoms. The number of carboxylic acid groups (broad SMARTS) is 1. The molecular weight excluding hydrogens is 290 g/mol. The van der Waals surface area contributed by atoms with Crippen LogP contribution in [0.5, 0.6) is 5.75 Å². The van der Waals surface area contributed by atoms with Crippen molar-refractivity contribution in [3.63, 3.8) is 0 Å². The molecule has 1 aromatic rings. The van der Waals surface area contributed by atoms with Crippen molar-refractivity contribution in [2.75, 3.05) is 13.2 Å². The first kappa shape index (κ1) is 17.8. The van der Waals surface area contributed by atoms with Gasteiger partial charge < -0.3 is 9.84 Å². The van der Waals surface area contributed by atoms with Crippen LogP contribution in [0.4, 0.5) is 0 Å². The third-order valence-electron chi connectivity index (χ3n) is 4.40. The van der Waals surface area contributed by atoms with Gasteiger partial charge in [0.15, 0.2) is 0 Å². The third-order valence-corrected chi connectivity index (χ3v) is 4.40. The highest BCUT2D eigenvalue weighted by Crippen LogP contribution is 2.29. The van der Waals surface area contributed by atoms with E-state index in [1.165, 1.54) is 5.56 Å². The van der Waals surface area contributed by atoms with Crippen LogP contribution in [0.25, 0.3) is 0 Å². The van der Waals surface area contributed by atoms with Gasteiger partial charge in [-0.05, 0) is 49.3 Å². The number of aliphatic carboxylic acids is 1. The molecule has 1 unspecified atom stereocenters. The Bertz CT molecular complexity index is 532. The van der Waals surface area contributed by atoms with Gasteiger partial charge in [0.2, 0.25) is 0 Å². The van der Waals surface area contributed by atoms with Crippen LogP contribution in [0, 0.1) is 0 Å². The Balaban J connectivity index is 1.82. The maximum absolute atomic E-state index is 11.2. The molecule has 128 valence electrons. The van der Waals surface area contributed by atoms with Crippen molar-refractivity contribution in [3.8, 4) is 5.75 Å².